The van der Waals surface area contributed by atoms with Crippen molar-refractivity contribution in [1.29, 1.82) is 0 Å². The molecule has 100 valence electrons. The average molecular weight is 360 g/mol. The van der Waals surface area contributed by atoms with Crippen LogP contribution < -0.4 is 10.5 Å². The molecule has 1 heterocycles. The van der Waals surface area contributed by atoms with E-state index in [9.17, 15) is 4.79 Å². The minimum absolute atomic E-state index is 0.0159. The molecule has 1 aromatic heterocycles. The Balaban J connectivity index is 2.01. The van der Waals surface area contributed by atoms with Gasteiger partial charge in [0.15, 0.2) is 10.1 Å². The number of Topliss-reactive ketones (excluding diaryl/α,β-unsaturated/α-hetero) is 1. The summed E-state index contributed by atoms with van der Waals surface area (Å²) in [7, 11) is 1.58. The summed E-state index contributed by atoms with van der Waals surface area (Å²) in [4.78, 5) is 12.0. The number of nitrogen functional groups attached to an aromatic ring is 1. The van der Waals surface area contributed by atoms with Gasteiger partial charge in [-0.05, 0) is 34.1 Å². The normalized spacial score (nSPS) is 10.4. The van der Waals surface area contributed by atoms with Gasteiger partial charge in [0.25, 0.3) is 0 Å². The number of hydrogen-bond acceptors (Lipinski definition) is 7. The quantitative estimate of drug-likeness (QED) is 0.653. The van der Waals surface area contributed by atoms with Crippen molar-refractivity contribution in [3.05, 3.63) is 28.2 Å². The van der Waals surface area contributed by atoms with Crippen LogP contribution in [0.15, 0.2) is 27.0 Å². The highest BCUT2D eigenvalue weighted by Crippen LogP contribution is 2.28. The lowest BCUT2D eigenvalue weighted by atomic mass is 10.1. The third-order valence-corrected chi connectivity index (χ3v) is 4.73. The van der Waals surface area contributed by atoms with E-state index in [2.05, 4.69) is 26.1 Å². The number of rotatable bonds is 5. The van der Waals surface area contributed by atoms with Crippen LogP contribution in [0.3, 0.4) is 0 Å². The molecular formula is C11H10BrN3O2S2. The number of benzene rings is 1. The van der Waals surface area contributed by atoms with Gasteiger partial charge in [0.05, 0.1) is 17.3 Å². The number of carbonyl (C=O) groups excluding carboxylic acids is 1. The molecule has 0 unspecified atom stereocenters. The molecule has 0 spiro atoms. The summed E-state index contributed by atoms with van der Waals surface area (Å²) >= 11 is 5.95. The summed E-state index contributed by atoms with van der Waals surface area (Å²) in [5, 5.41) is 7.95. The number of methoxy groups -OCH3 is 1. The van der Waals surface area contributed by atoms with E-state index >= 15 is 0 Å². The zero-order valence-electron chi connectivity index (χ0n) is 9.92. The molecule has 1 aromatic carbocycles. The predicted molar refractivity (Wildman–Crippen MR) is 80.1 cm³/mol. The lowest BCUT2D eigenvalue weighted by Gasteiger charge is -2.05. The fourth-order valence-electron chi connectivity index (χ4n) is 1.33. The fourth-order valence-corrected chi connectivity index (χ4v) is 3.40. The van der Waals surface area contributed by atoms with Gasteiger partial charge in [-0.15, -0.1) is 10.2 Å². The molecule has 0 amide bonds. The number of aromatic nitrogens is 2. The number of ketones is 1. The van der Waals surface area contributed by atoms with Crippen LogP contribution in [0.2, 0.25) is 0 Å². The highest BCUT2D eigenvalue weighted by molar-refractivity contribution is 9.10. The Morgan fingerprint density at radius 2 is 2.32 bits per heavy atom. The summed E-state index contributed by atoms with van der Waals surface area (Å²) in [6, 6.07) is 5.24. The van der Waals surface area contributed by atoms with Crippen LogP contribution in [0, 0.1) is 0 Å². The van der Waals surface area contributed by atoms with Crippen LogP contribution in [0.1, 0.15) is 10.4 Å². The SMILES string of the molecule is COc1ccc(C(=O)CSc2nnc(N)s2)cc1Br. The molecule has 5 nitrogen and oxygen atoms in total. The highest BCUT2D eigenvalue weighted by Gasteiger charge is 2.11. The smallest absolute Gasteiger partial charge is 0.203 e. The van der Waals surface area contributed by atoms with Gasteiger partial charge in [0, 0.05) is 5.56 Å². The number of nitrogens with two attached hydrogens (primary N) is 1. The fraction of sp³-hybridized carbons (Fsp3) is 0.182. The minimum atomic E-state index is 0.0159. The van der Waals surface area contributed by atoms with Crippen molar-refractivity contribution in [3.63, 3.8) is 0 Å². The Labute approximate surface area is 126 Å². The van der Waals surface area contributed by atoms with Crippen molar-refractivity contribution in [1.82, 2.24) is 10.2 Å². The molecule has 0 saturated carbocycles. The molecule has 2 aromatic rings. The number of thioether (sulfide) groups is 1. The first-order valence-electron chi connectivity index (χ1n) is 5.18. The molecule has 0 atom stereocenters. The van der Waals surface area contributed by atoms with Gasteiger partial charge in [-0.3, -0.25) is 4.79 Å². The number of nitrogens with zero attached hydrogens (tertiary/aromatic N) is 2. The Bertz CT molecular complexity index is 603. The van der Waals surface area contributed by atoms with Crippen LogP contribution in [0.5, 0.6) is 5.75 Å². The summed E-state index contributed by atoms with van der Waals surface area (Å²) in [5.74, 6) is 1.01. The molecule has 0 radical (unpaired) electrons. The van der Waals surface area contributed by atoms with Crippen molar-refractivity contribution in [2.45, 2.75) is 4.34 Å². The molecular weight excluding hydrogens is 350 g/mol. The monoisotopic (exact) mass is 359 g/mol. The van der Waals surface area contributed by atoms with E-state index in [0.717, 1.165) is 4.47 Å². The second kappa shape index (κ2) is 6.36. The number of carbonyl (C=O) groups is 1. The first kappa shape index (κ1) is 14.3. The lowest BCUT2D eigenvalue weighted by molar-refractivity contribution is 0.102. The molecule has 0 aliphatic carbocycles. The van der Waals surface area contributed by atoms with Gasteiger partial charge in [-0.1, -0.05) is 23.1 Å². The minimum Gasteiger partial charge on any atom is -0.496 e. The van der Waals surface area contributed by atoms with Crippen molar-refractivity contribution >= 4 is 49.9 Å². The predicted octanol–water partition coefficient (Wildman–Crippen LogP) is 2.87. The largest absolute Gasteiger partial charge is 0.496 e. The first-order chi connectivity index (χ1) is 9.10. The maximum Gasteiger partial charge on any atom is 0.203 e. The van der Waals surface area contributed by atoms with Crippen molar-refractivity contribution in [2.75, 3.05) is 18.6 Å². The van der Waals surface area contributed by atoms with E-state index in [1.807, 2.05) is 0 Å². The second-order valence-corrected chi connectivity index (χ2v) is 6.55. The van der Waals surface area contributed by atoms with Gasteiger partial charge in [0.2, 0.25) is 5.13 Å². The molecule has 0 fully saturated rings. The third kappa shape index (κ3) is 3.68. The van der Waals surface area contributed by atoms with Gasteiger partial charge in [-0.2, -0.15) is 0 Å². The van der Waals surface area contributed by atoms with E-state index < -0.39 is 0 Å². The number of anilines is 1. The topological polar surface area (TPSA) is 78.1 Å². The van der Waals surface area contributed by atoms with Gasteiger partial charge in [0.1, 0.15) is 5.75 Å². The van der Waals surface area contributed by atoms with Crippen LogP contribution in [0.4, 0.5) is 5.13 Å². The lowest BCUT2D eigenvalue weighted by Crippen LogP contribution is -2.02. The first-order valence-corrected chi connectivity index (χ1v) is 7.78. The maximum atomic E-state index is 12.0. The number of ether oxygens (including phenoxy) is 1. The third-order valence-electron chi connectivity index (χ3n) is 2.22. The molecule has 0 aliphatic rings. The highest BCUT2D eigenvalue weighted by atomic mass is 79.9. The molecule has 0 bridgehead atoms. The van der Waals surface area contributed by atoms with E-state index in [4.69, 9.17) is 10.5 Å². The van der Waals surface area contributed by atoms with Crippen LogP contribution in [0.25, 0.3) is 0 Å². The van der Waals surface area contributed by atoms with Crippen LogP contribution in [-0.4, -0.2) is 28.8 Å². The Morgan fingerprint density at radius 1 is 1.53 bits per heavy atom. The standard InChI is InChI=1S/C11H10BrN3O2S2/c1-17-9-3-2-6(4-7(9)12)8(16)5-18-11-15-14-10(13)19-11/h2-4H,5H2,1H3,(H2,13,14). The molecule has 2 rings (SSSR count). The zero-order chi connectivity index (χ0) is 13.8. The van der Waals surface area contributed by atoms with Crippen LogP contribution in [-0.2, 0) is 0 Å². The number of halogens is 1. The van der Waals surface area contributed by atoms with Crippen molar-refractivity contribution in [2.24, 2.45) is 0 Å². The maximum absolute atomic E-state index is 12.0. The Morgan fingerprint density at radius 3 is 2.89 bits per heavy atom. The van der Waals surface area contributed by atoms with Gasteiger partial charge in [-0.25, -0.2) is 0 Å². The molecule has 19 heavy (non-hydrogen) atoms. The Kier molecular flexibility index (Phi) is 4.78. The Hall–Kier alpha value is -1.12. The molecule has 2 N–H and O–H groups in total. The zero-order valence-corrected chi connectivity index (χ0v) is 13.1. The molecule has 8 heteroatoms. The average Bonchev–Trinajstić information content (AvgIpc) is 2.81. The van der Waals surface area contributed by atoms with Gasteiger partial charge < -0.3 is 10.5 Å². The summed E-state index contributed by atoms with van der Waals surface area (Å²) < 4.78 is 6.57. The summed E-state index contributed by atoms with van der Waals surface area (Å²) in [5.41, 5.74) is 6.10. The van der Waals surface area contributed by atoms with Crippen molar-refractivity contribution in [3.8, 4) is 5.75 Å². The van der Waals surface area contributed by atoms with Crippen molar-refractivity contribution < 1.29 is 9.53 Å². The summed E-state index contributed by atoms with van der Waals surface area (Å²) in [6.07, 6.45) is 0. The molecule has 0 saturated heterocycles. The van der Waals surface area contributed by atoms with E-state index in [-0.39, 0.29) is 5.78 Å². The molecule has 0 aliphatic heterocycles. The van der Waals surface area contributed by atoms with E-state index in [1.165, 1.54) is 23.1 Å². The van der Waals surface area contributed by atoms with Crippen LogP contribution >= 0.6 is 39.0 Å². The van der Waals surface area contributed by atoms with Gasteiger partial charge >= 0.3 is 0 Å². The van der Waals surface area contributed by atoms with E-state index in [0.29, 0.717) is 26.5 Å². The van der Waals surface area contributed by atoms with E-state index in [1.54, 1.807) is 25.3 Å². The number of hydrogen-bond donors (Lipinski definition) is 1. The summed E-state index contributed by atoms with van der Waals surface area (Å²) in [6.45, 7) is 0. The second-order valence-electron chi connectivity index (χ2n) is 3.47.